The van der Waals surface area contributed by atoms with Crippen molar-refractivity contribution < 1.29 is 32.7 Å². The van der Waals surface area contributed by atoms with Crippen LogP contribution in [0, 0.1) is 5.92 Å². The van der Waals surface area contributed by atoms with Crippen LogP contribution in [0.3, 0.4) is 0 Å². The number of methoxy groups -OCH3 is 1. The molecule has 1 heterocycles. The average molecular weight is 562 g/mol. The van der Waals surface area contributed by atoms with Crippen LogP contribution in [-0.4, -0.2) is 62.6 Å². The summed E-state index contributed by atoms with van der Waals surface area (Å²) < 4.78 is 39.6. The second-order valence-corrected chi connectivity index (χ2v) is 11.7. The van der Waals surface area contributed by atoms with Gasteiger partial charge in [-0.1, -0.05) is 39.2 Å². The fraction of sp³-hybridized carbons (Fsp3) is 0.500. The van der Waals surface area contributed by atoms with Crippen molar-refractivity contribution in [2.24, 2.45) is 5.92 Å². The minimum atomic E-state index is -4.14. The molecule has 1 aliphatic heterocycles. The van der Waals surface area contributed by atoms with Crippen LogP contribution in [0.15, 0.2) is 47.4 Å². The van der Waals surface area contributed by atoms with Gasteiger partial charge in [-0.25, -0.2) is 13.9 Å². The zero-order valence-electron chi connectivity index (χ0n) is 22.8. The molecule has 3 N–H and O–H groups in total. The summed E-state index contributed by atoms with van der Waals surface area (Å²) in [5.74, 6) is 0.359. The van der Waals surface area contributed by atoms with E-state index in [1.165, 1.54) is 28.0 Å². The molecule has 0 aromatic heterocycles. The Labute approximate surface area is 230 Å². The van der Waals surface area contributed by atoms with Gasteiger partial charge in [0.05, 0.1) is 23.1 Å². The molecule has 1 saturated heterocycles. The number of amides is 2. The van der Waals surface area contributed by atoms with Gasteiger partial charge in [0.15, 0.2) is 0 Å². The van der Waals surface area contributed by atoms with Gasteiger partial charge < -0.3 is 14.8 Å². The quantitative estimate of drug-likeness (QED) is 0.191. The third-order valence-electron chi connectivity index (χ3n) is 7.09. The van der Waals surface area contributed by atoms with Gasteiger partial charge in [0.2, 0.25) is 10.0 Å². The van der Waals surface area contributed by atoms with E-state index >= 15 is 0 Å². The molecule has 1 fully saturated rings. The molecule has 0 saturated carbocycles. The number of carbonyl (C=O) groups excluding carboxylic acids is 2. The highest BCUT2D eigenvalue weighted by Gasteiger charge is 2.35. The molecular formula is C28H39N3O7S. The standard InChI is InChI=1S/C28H39N3O7S/c1-4-20(2)8-5-6-17-29-27(32)24-9-7-10-25(26(24)28(33)30-34)39(35,36)31-18-15-23(16-19-31)38-22-13-11-21(37-3)12-14-22/h7,9-14,20,23,34H,4-6,8,15-19H2,1-3H3,(H,29,32)(H,30,33). The van der Waals surface area contributed by atoms with Crippen molar-refractivity contribution in [1.29, 1.82) is 0 Å². The SMILES string of the molecule is CCC(C)CCCCNC(=O)c1cccc(S(=O)(=O)N2CCC(Oc3ccc(OC)cc3)CC2)c1C(=O)NO. The molecule has 214 valence electrons. The third-order valence-corrected chi connectivity index (χ3v) is 9.03. The van der Waals surface area contributed by atoms with Gasteiger partial charge in [-0.2, -0.15) is 4.31 Å². The summed E-state index contributed by atoms with van der Waals surface area (Å²) in [7, 11) is -2.56. The van der Waals surface area contributed by atoms with Gasteiger partial charge in [-0.15, -0.1) is 0 Å². The van der Waals surface area contributed by atoms with Crippen molar-refractivity contribution in [2.75, 3.05) is 26.7 Å². The fourth-order valence-corrected chi connectivity index (χ4v) is 6.20. The second-order valence-electron chi connectivity index (χ2n) is 9.78. The van der Waals surface area contributed by atoms with Crippen LogP contribution in [0.4, 0.5) is 0 Å². The van der Waals surface area contributed by atoms with Crippen molar-refractivity contribution in [2.45, 2.75) is 63.4 Å². The Morgan fingerprint density at radius 1 is 1.05 bits per heavy atom. The summed E-state index contributed by atoms with van der Waals surface area (Å²) in [6.45, 7) is 5.07. The molecule has 39 heavy (non-hydrogen) atoms. The Balaban J connectivity index is 1.70. The van der Waals surface area contributed by atoms with Crippen molar-refractivity contribution >= 4 is 21.8 Å². The Bertz CT molecular complexity index is 1210. The van der Waals surface area contributed by atoms with Crippen molar-refractivity contribution in [3.63, 3.8) is 0 Å². The van der Waals surface area contributed by atoms with Crippen molar-refractivity contribution in [1.82, 2.24) is 15.1 Å². The molecule has 11 heteroatoms. The van der Waals surface area contributed by atoms with E-state index in [0.717, 1.165) is 25.7 Å². The lowest BCUT2D eigenvalue weighted by Crippen LogP contribution is -2.42. The van der Waals surface area contributed by atoms with Gasteiger partial charge in [0, 0.05) is 19.6 Å². The molecule has 0 aliphatic carbocycles. The number of carbonyl (C=O) groups is 2. The monoisotopic (exact) mass is 561 g/mol. The predicted octanol–water partition coefficient (Wildman–Crippen LogP) is 3.99. The Morgan fingerprint density at radius 2 is 1.72 bits per heavy atom. The molecule has 2 aromatic carbocycles. The van der Waals surface area contributed by atoms with Gasteiger partial charge in [0.25, 0.3) is 11.8 Å². The molecule has 1 atom stereocenters. The van der Waals surface area contributed by atoms with Crippen LogP contribution >= 0.6 is 0 Å². The molecular weight excluding hydrogens is 522 g/mol. The first-order chi connectivity index (χ1) is 18.7. The summed E-state index contributed by atoms with van der Waals surface area (Å²) in [4.78, 5) is 25.2. The van der Waals surface area contributed by atoms with Crippen LogP contribution in [0.25, 0.3) is 0 Å². The number of piperidine rings is 1. The lowest BCUT2D eigenvalue weighted by molar-refractivity contribution is 0.0697. The Morgan fingerprint density at radius 3 is 2.33 bits per heavy atom. The number of nitrogens with zero attached hydrogens (tertiary/aromatic N) is 1. The van der Waals surface area contributed by atoms with Crippen LogP contribution in [0.5, 0.6) is 11.5 Å². The number of ether oxygens (including phenoxy) is 2. The van der Waals surface area contributed by atoms with Crippen LogP contribution < -0.4 is 20.3 Å². The molecule has 0 spiro atoms. The van der Waals surface area contributed by atoms with Crippen LogP contribution in [0.2, 0.25) is 0 Å². The molecule has 2 amide bonds. The maximum Gasteiger partial charge on any atom is 0.276 e. The number of sulfonamides is 1. The molecule has 1 aliphatic rings. The van der Waals surface area contributed by atoms with E-state index in [4.69, 9.17) is 9.47 Å². The summed E-state index contributed by atoms with van der Waals surface area (Å²) in [5.41, 5.74) is 1.01. The summed E-state index contributed by atoms with van der Waals surface area (Å²) in [6, 6.07) is 11.3. The van der Waals surface area contributed by atoms with E-state index in [-0.39, 0.29) is 35.2 Å². The number of nitrogens with one attached hydrogen (secondary N) is 2. The zero-order chi connectivity index (χ0) is 28.4. The maximum atomic E-state index is 13.6. The number of benzene rings is 2. The normalized spacial score (nSPS) is 15.4. The lowest BCUT2D eigenvalue weighted by atomic mass is 10.0. The first-order valence-electron chi connectivity index (χ1n) is 13.4. The van der Waals surface area contributed by atoms with E-state index in [2.05, 4.69) is 19.2 Å². The highest BCUT2D eigenvalue weighted by molar-refractivity contribution is 7.89. The predicted molar refractivity (Wildman–Crippen MR) is 147 cm³/mol. The number of hydroxylamine groups is 1. The third kappa shape index (κ3) is 7.93. The smallest absolute Gasteiger partial charge is 0.276 e. The molecule has 2 aromatic rings. The van der Waals surface area contributed by atoms with E-state index < -0.39 is 21.8 Å². The average Bonchev–Trinajstić information content (AvgIpc) is 2.96. The van der Waals surface area contributed by atoms with Gasteiger partial charge >= 0.3 is 0 Å². The van der Waals surface area contributed by atoms with E-state index in [1.807, 2.05) is 0 Å². The Kier molecular flexibility index (Phi) is 11.1. The van der Waals surface area contributed by atoms with Crippen molar-refractivity contribution in [3.8, 4) is 11.5 Å². The fourth-order valence-electron chi connectivity index (χ4n) is 4.52. The van der Waals surface area contributed by atoms with Gasteiger partial charge in [-0.3, -0.25) is 14.8 Å². The minimum Gasteiger partial charge on any atom is -0.497 e. The van der Waals surface area contributed by atoms with Crippen molar-refractivity contribution in [3.05, 3.63) is 53.6 Å². The number of unbranched alkanes of at least 4 members (excludes halogenated alkanes) is 1. The first kappa shape index (κ1) is 30.4. The second kappa shape index (κ2) is 14.3. The minimum absolute atomic E-state index is 0.109. The largest absolute Gasteiger partial charge is 0.497 e. The van der Waals surface area contributed by atoms with E-state index in [9.17, 15) is 23.2 Å². The molecule has 3 rings (SSSR count). The number of hydrogen-bond acceptors (Lipinski definition) is 7. The number of hydrogen-bond donors (Lipinski definition) is 3. The first-order valence-corrected chi connectivity index (χ1v) is 14.8. The molecule has 0 radical (unpaired) electrons. The topological polar surface area (TPSA) is 134 Å². The molecule has 0 bridgehead atoms. The van der Waals surface area contributed by atoms with Crippen LogP contribution in [-0.2, 0) is 10.0 Å². The molecule has 10 nitrogen and oxygen atoms in total. The Hall–Kier alpha value is -3.15. The highest BCUT2D eigenvalue weighted by atomic mass is 32.2. The maximum absolute atomic E-state index is 13.6. The van der Waals surface area contributed by atoms with Gasteiger partial charge in [0.1, 0.15) is 17.6 Å². The summed E-state index contributed by atoms with van der Waals surface area (Å²) in [5, 5.41) is 12.1. The number of rotatable bonds is 13. The lowest BCUT2D eigenvalue weighted by Gasteiger charge is -2.32. The van der Waals surface area contributed by atoms with Crippen LogP contribution in [0.1, 0.15) is 73.1 Å². The summed E-state index contributed by atoms with van der Waals surface area (Å²) >= 11 is 0. The van der Waals surface area contributed by atoms with E-state index in [0.29, 0.717) is 36.8 Å². The van der Waals surface area contributed by atoms with Gasteiger partial charge in [-0.05, 0) is 61.6 Å². The zero-order valence-corrected chi connectivity index (χ0v) is 23.6. The molecule has 1 unspecified atom stereocenters. The highest BCUT2D eigenvalue weighted by Crippen LogP contribution is 2.28. The summed E-state index contributed by atoms with van der Waals surface area (Å²) in [6.07, 6.45) is 4.59. The van der Waals surface area contributed by atoms with E-state index in [1.54, 1.807) is 31.4 Å².